The Morgan fingerprint density at radius 3 is 2.78 bits per heavy atom. The van der Waals surface area contributed by atoms with E-state index in [4.69, 9.17) is 5.73 Å². The molecule has 2 aromatic heterocycles. The van der Waals surface area contributed by atoms with Crippen LogP contribution in [0, 0.1) is 13.8 Å². The lowest BCUT2D eigenvalue weighted by atomic mass is 10.00. The highest BCUT2D eigenvalue weighted by Crippen LogP contribution is 2.34. The van der Waals surface area contributed by atoms with Gasteiger partial charge in [0.1, 0.15) is 10.6 Å². The molecule has 2 N–H and O–H groups in total. The fourth-order valence-electron chi connectivity index (χ4n) is 3.46. The van der Waals surface area contributed by atoms with Gasteiger partial charge in [-0.3, -0.25) is 4.79 Å². The molecule has 0 aliphatic carbocycles. The molecule has 0 spiro atoms. The van der Waals surface area contributed by atoms with Crippen LogP contribution in [0.5, 0.6) is 0 Å². The zero-order chi connectivity index (χ0) is 19.1. The quantitative estimate of drug-likeness (QED) is 0.534. The fourth-order valence-corrected chi connectivity index (χ4v) is 5.42. The molecule has 0 saturated carbocycles. The molecule has 27 heavy (non-hydrogen) atoms. The van der Waals surface area contributed by atoms with E-state index in [-0.39, 0.29) is 11.2 Å². The van der Waals surface area contributed by atoms with Crippen LogP contribution in [-0.4, -0.2) is 32.6 Å². The molecular weight excluding hydrogens is 376 g/mol. The van der Waals surface area contributed by atoms with Crippen molar-refractivity contribution in [3.8, 4) is 0 Å². The second-order valence-corrected chi connectivity index (χ2v) is 9.40. The summed E-state index contributed by atoms with van der Waals surface area (Å²) in [4.78, 5) is 26.1. The minimum atomic E-state index is -0.255. The number of thiophene rings is 1. The third-order valence-corrected chi connectivity index (χ3v) is 7.16. The number of carbonyl (C=O) groups is 1. The zero-order valence-corrected chi connectivity index (χ0v) is 17.3. The van der Waals surface area contributed by atoms with Gasteiger partial charge in [0, 0.05) is 18.0 Å². The maximum atomic E-state index is 12.9. The zero-order valence-electron chi connectivity index (χ0n) is 15.7. The number of carbonyl (C=O) groups excluding carboxylic acids is 1. The largest absolute Gasteiger partial charge is 0.383 e. The van der Waals surface area contributed by atoms with Gasteiger partial charge in [0.05, 0.1) is 10.6 Å². The summed E-state index contributed by atoms with van der Waals surface area (Å²) in [5, 5.41) is 1.25. The molecule has 140 valence electrons. The number of thioether (sulfide) groups is 1. The molecule has 3 aromatic rings. The van der Waals surface area contributed by atoms with Crippen molar-refractivity contribution in [1.29, 1.82) is 0 Å². The summed E-state index contributed by atoms with van der Waals surface area (Å²) in [7, 11) is 0. The SMILES string of the molecule is Cc1sc2nc(SC(C)C(=O)N3CCc4ccccc4C3)nc(N)c2c1C. The Bertz CT molecular complexity index is 1030. The van der Waals surface area contributed by atoms with Crippen LogP contribution < -0.4 is 5.73 Å². The molecule has 0 bridgehead atoms. The van der Waals surface area contributed by atoms with Crippen molar-refractivity contribution in [3.05, 3.63) is 45.8 Å². The van der Waals surface area contributed by atoms with E-state index in [0.717, 1.165) is 28.7 Å². The van der Waals surface area contributed by atoms with Gasteiger partial charge in [-0.2, -0.15) is 0 Å². The van der Waals surface area contributed by atoms with Gasteiger partial charge < -0.3 is 10.6 Å². The maximum absolute atomic E-state index is 12.9. The monoisotopic (exact) mass is 398 g/mol. The first-order valence-corrected chi connectivity index (χ1v) is 10.7. The number of anilines is 1. The summed E-state index contributed by atoms with van der Waals surface area (Å²) < 4.78 is 0. The summed E-state index contributed by atoms with van der Waals surface area (Å²) in [5.74, 6) is 0.617. The number of aromatic nitrogens is 2. The van der Waals surface area contributed by atoms with E-state index < -0.39 is 0 Å². The van der Waals surface area contributed by atoms with Crippen molar-refractivity contribution in [2.45, 2.75) is 44.1 Å². The molecule has 5 nitrogen and oxygen atoms in total. The molecule has 3 heterocycles. The highest BCUT2D eigenvalue weighted by molar-refractivity contribution is 8.00. The van der Waals surface area contributed by atoms with Gasteiger partial charge in [0.25, 0.3) is 0 Å². The van der Waals surface area contributed by atoms with Gasteiger partial charge in [0.15, 0.2) is 5.16 Å². The Labute approximate surface area is 167 Å². The minimum Gasteiger partial charge on any atom is -0.383 e. The Balaban J connectivity index is 1.51. The third kappa shape index (κ3) is 3.41. The predicted octanol–water partition coefficient (Wildman–Crippen LogP) is 3.96. The number of nitrogens with zero attached hydrogens (tertiary/aromatic N) is 3. The van der Waals surface area contributed by atoms with Gasteiger partial charge in [0.2, 0.25) is 5.91 Å². The van der Waals surface area contributed by atoms with Crippen LogP contribution in [0.4, 0.5) is 5.82 Å². The van der Waals surface area contributed by atoms with E-state index in [1.165, 1.54) is 27.8 Å². The topological polar surface area (TPSA) is 72.1 Å². The smallest absolute Gasteiger partial charge is 0.236 e. The minimum absolute atomic E-state index is 0.121. The number of amides is 1. The highest BCUT2D eigenvalue weighted by Gasteiger charge is 2.26. The molecule has 1 atom stereocenters. The van der Waals surface area contributed by atoms with Crippen LogP contribution in [-0.2, 0) is 17.8 Å². The lowest BCUT2D eigenvalue weighted by Gasteiger charge is -2.30. The Kier molecular flexibility index (Phi) is 4.82. The average Bonchev–Trinajstić information content (AvgIpc) is 2.94. The standard InChI is InChI=1S/C20H22N4OS2/c1-11-12(2)26-18-16(11)17(21)22-20(23-18)27-13(3)19(25)24-9-8-14-6-4-5-7-15(14)10-24/h4-7,13H,8-10H2,1-3H3,(H2,21,22,23). The molecule has 1 amide bonds. The number of aryl methyl sites for hydroxylation is 2. The van der Waals surface area contributed by atoms with E-state index in [2.05, 4.69) is 35.1 Å². The van der Waals surface area contributed by atoms with Gasteiger partial charge in [-0.15, -0.1) is 11.3 Å². The molecule has 0 radical (unpaired) electrons. The lowest BCUT2D eigenvalue weighted by molar-refractivity contribution is -0.131. The summed E-state index contributed by atoms with van der Waals surface area (Å²) in [6, 6.07) is 8.33. The van der Waals surface area contributed by atoms with Gasteiger partial charge in [-0.05, 0) is 43.9 Å². The molecule has 1 aliphatic rings. The van der Waals surface area contributed by atoms with E-state index >= 15 is 0 Å². The number of benzene rings is 1. The molecule has 1 unspecified atom stereocenters. The summed E-state index contributed by atoms with van der Waals surface area (Å²) >= 11 is 3.01. The maximum Gasteiger partial charge on any atom is 0.236 e. The van der Waals surface area contributed by atoms with Crippen molar-refractivity contribution < 1.29 is 4.79 Å². The van der Waals surface area contributed by atoms with Gasteiger partial charge in [-0.25, -0.2) is 9.97 Å². The normalized spacial score (nSPS) is 15.0. The molecule has 7 heteroatoms. The molecule has 0 fully saturated rings. The number of hydrogen-bond acceptors (Lipinski definition) is 6. The van der Waals surface area contributed by atoms with Crippen molar-refractivity contribution in [1.82, 2.24) is 14.9 Å². The molecule has 0 saturated heterocycles. The predicted molar refractivity (Wildman–Crippen MR) is 112 cm³/mol. The summed E-state index contributed by atoms with van der Waals surface area (Å²) in [5.41, 5.74) is 9.88. The van der Waals surface area contributed by atoms with E-state index in [0.29, 0.717) is 17.5 Å². The molecule has 1 aliphatic heterocycles. The molecule has 1 aromatic carbocycles. The van der Waals surface area contributed by atoms with E-state index in [1.54, 1.807) is 11.3 Å². The van der Waals surface area contributed by atoms with Crippen LogP contribution in [0.3, 0.4) is 0 Å². The lowest BCUT2D eigenvalue weighted by Crippen LogP contribution is -2.40. The van der Waals surface area contributed by atoms with Crippen molar-refractivity contribution in [2.24, 2.45) is 0 Å². The van der Waals surface area contributed by atoms with Crippen LogP contribution in [0.15, 0.2) is 29.4 Å². The Morgan fingerprint density at radius 2 is 2.00 bits per heavy atom. The summed E-state index contributed by atoms with van der Waals surface area (Å²) in [6.07, 6.45) is 0.905. The van der Waals surface area contributed by atoms with E-state index in [1.807, 2.05) is 24.8 Å². The fraction of sp³-hybridized carbons (Fsp3) is 0.350. The van der Waals surface area contributed by atoms with E-state index in [9.17, 15) is 4.79 Å². The second-order valence-electron chi connectivity index (χ2n) is 6.89. The third-order valence-electron chi connectivity index (χ3n) is 5.11. The number of nitrogens with two attached hydrogens (primary N) is 1. The second kappa shape index (κ2) is 7.13. The number of rotatable bonds is 3. The van der Waals surface area contributed by atoms with Crippen LogP contribution >= 0.6 is 23.1 Å². The molecule has 4 rings (SSSR count). The van der Waals surface area contributed by atoms with Gasteiger partial charge >= 0.3 is 0 Å². The first-order valence-electron chi connectivity index (χ1n) is 8.99. The summed E-state index contributed by atoms with van der Waals surface area (Å²) in [6.45, 7) is 7.45. The van der Waals surface area contributed by atoms with Crippen LogP contribution in [0.25, 0.3) is 10.2 Å². The van der Waals surface area contributed by atoms with Crippen LogP contribution in [0.1, 0.15) is 28.5 Å². The highest BCUT2D eigenvalue weighted by atomic mass is 32.2. The number of nitrogen functional groups attached to an aromatic ring is 1. The van der Waals surface area contributed by atoms with Crippen LogP contribution in [0.2, 0.25) is 0 Å². The van der Waals surface area contributed by atoms with Gasteiger partial charge in [-0.1, -0.05) is 36.0 Å². The average molecular weight is 399 g/mol. The van der Waals surface area contributed by atoms with Crippen molar-refractivity contribution >= 4 is 45.0 Å². The van der Waals surface area contributed by atoms with Crippen molar-refractivity contribution in [2.75, 3.05) is 12.3 Å². The first kappa shape index (κ1) is 18.3. The Hall–Kier alpha value is -2.12. The Morgan fingerprint density at radius 1 is 1.26 bits per heavy atom. The number of fused-ring (bicyclic) bond motifs is 2. The van der Waals surface area contributed by atoms with Crippen molar-refractivity contribution in [3.63, 3.8) is 0 Å². The molecular formula is C20H22N4OS2. The number of hydrogen-bond donors (Lipinski definition) is 1. The first-order chi connectivity index (χ1) is 12.9.